The van der Waals surface area contributed by atoms with Crippen LogP contribution in [0, 0.1) is 5.41 Å². The predicted molar refractivity (Wildman–Crippen MR) is 66.3 cm³/mol. The molecule has 0 aromatic rings. The van der Waals surface area contributed by atoms with Crippen LogP contribution in [0.25, 0.3) is 0 Å². The van der Waals surface area contributed by atoms with Gasteiger partial charge < -0.3 is 10.1 Å². The highest BCUT2D eigenvalue weighted by Crippen LogP contribution is 2.22. The summed E-state index contributed by atoms with van der Waals surface area (Å²) in [5, 5.41) is 3.89. The number of nitrogens with one attached hydrogen (secondary N) is 1. The van der Waals surface area contributed by atoms with Gasteiger partial charge in [-0.2, -0.15) is 0 Å². The molecule has 0 aromatic carbocycles. The maximum absolute atomic E-state index is 11.5. The average molecular weight is 280 g/mol. The minimum atomic E-state index is -0.0299. The molecular formula is C11H22BrNO2. The van der Waals surface area contributed by atoms with Crippen LogP contribution in [0.5, 0.6) is 0 Å². The molecule has 0 aliphatic rings. The summed E-state index contributed by atoms with van der Waals surface area (Å²) in [5.41, 5.74) is 0.0790. The topological polar surface area (TPSA) is 38.3 Å². The first-order valence-electron chi connectivity index (χ1n) is 5.34. The monoisotopic (exact) mass is 279 g/mol. The molecule has 90 valence electrons. The van der Waals surface area contributed by atoms with Gasteiger partial charge in [0.05, 0.1) is 0 Å². The Morgan fingerprint density at radius 2 is 2.07 bits per heavy atom. The third-order valence-corrected chi connectivity index (χ3v) is 2.67. The van der Waals surface area contributed by atoms with E-state index in [1.165, 1.54) is 0 Å². The molecular weight excluding hydrogens is 258 g/mol. The van der Waals surface area contributed by atoms with Crippen LogP contribution in [-0.4, -0.2) is 30.5 Å². The molecule has 0 fully saturated rings. The van der Waals surface area contributed by atoms with Crippen molar-refractivity contribution in [3.63, 3.8) is 0 Å². The molecule has 4 heteroatoms. The van der Waals surface area contributed by atoms with Crippen molar-refractivity contribution in [3.8, 4) is 0 Å². The minimum Gasteiger partial charge on any atom is -0.372 e. The van der Waals surface area contributed by atoms with Gasteiger partial charge in [0.15, 0.2) is 0 Å². The van der Waals surface area contributed by atoms with Gasteiger partial charge in [-0.05, 0) is 18.8 Å². The Balaban J connectivity index is 4.11. The number of halogens is 1. The average Bonchev–Trinajstić information content (AvgIpc) is 2.12. The smallest absolute Gasteiger partial charge is 0.246 e. The molecule has 0 aliphatic carbocycles. The largest absolute Gasteiger partial charge is 0.372 e. The van der Waals surface area contributed by atoms with E-state index < -0.39 is 0 Å². The van der Waals surface area contributed by atoms with Crippen molar-refractivity contribution in [2.24, 2.45) is 5.41 Å². The van der Waals surface area contributed by atoms with Gasteiger partial charge in [-0.1, -0.05) is 36.7 Å². The van der Waals surface area contributed by atoms with E-state index in [-0.39, 0.29) is 24.0 Å². The molecule has 15 heavy (non-hydrogen) atoms. The number of amides is 1. The molecule has 1 unspecified atom stereocenters. The lowest BCUT2D eigenvalue weighted by Crippen LogP contribution is -2.45. The molecule has 0 bridgehead atoms. The Hall–Kier alpha value is -0.0900. The van der Waals surface area contributed by atoms with Crippen LogP contribution < -0.4 is 5.32 Å². The van der Waals surface area contributed by atoms with Gasteiger partial charge in [0.2, 0.25) is 5.91 Å². The van der Waals surface area contributed by atoms with Crippen LogP contribution >= 0.6 is 15.9 Å². The Bertz CT molecular complexity index is 190. The number of rotatable bonds is 6. The van der Waals surface area contributed by atoms with E-state index in [1.807, 2.05) is 6.92 Å². The van der Waals surface area contributed by atoms with Crippen LogP contribution in [-0.2, 0) is 9.53 Å². The summed E-state index contributed by atoms with van der Waals surface area (Å²) in [5.74, 6) is -0.0299. The van der Waals surface area contributed by atoms with Crippen molar-refractivity contribution in [2.45, 2.75) is 40.2 Å². The Morgan fingerprint density at radius 1 is 1.47 bits per heavy atom. The Morgan fingerprint density at radius 3 is 2.47 bits per heavy atom. The molecule has 0 heterocycles. The lowest BCUT2D eigenvalue weighted by molar-refractivity contribution is -0.127. The van der Waals surface area contributed by atoms with Crippen LogP contribution in [0.3, 0.4) is 0 Å². The molecule has 0 saturated heterocycles. The summed E-state index contributed by atoms with van der Waals surface area (Å²) >= 11 is 3.40. The Labute approximate surface area is 101 Å². The highest BCUT2D eigenvalue weighted by atomic mass is 79.9. The van der Waals surface area contributed by atoms with Gasteiger partial charge in [0.1, 0.15) is 6.61 Å². The van der Waals surface area contributed by atoms with Crippen molar-refractivity contribution in [1.29, 1.82) is 0 Å². The zero-order valence-electron chi connectivity index (χ0n) is 10.1. The fraction of sp³-hybridized carbons (Fsp3) is 0.909. The lowest BCUT2D eigenvalue weighted by atomic mass is 9.85. The first-order chi connectivity index (χ1) is 6.91. The zero-order chi connectivity index (χ0) is 11.9. The second kappa shape index (κ2) is 7.23. The van der Waals surface area contributed by atoms with Crippen LogP contribution in [0.15, 0.2) is 0 Å². The van der Waals surface area contributed by atoms with Crippen LogP contribution in [0.1, 0.15) is 34.1 Å². The number of hydrogen-bond donors (Lipinski definition) is 1. The molecule has 0 spiro atoms. The Kier molecular flexibility index (Phi) is 7.18. The number of ether oxygens (including phenoxy) is 1. The zero-order valence-corrected chi connectivity index (χ0v) is 11.7. The van der Waals surface area contributed by atoms with E-state index >= 15 is 0 Å². The molecule has 1 amide bonds. The van der Waals surface area contributed by atoms with Gasteiger partial charge in [-0.15, -0.1) is 0 Å². The summed E-state index contributed by atoms with van der Waals surface area (Å²) in [6, 6.07) is 0.185. The van der Waals surface area contributed by atoms with E-state index in [0.29, 0.717) is 6.61 Å². The first kappa shape index (κ1) is 14.9. The number of carbonyl (C=O) groups is 1. The first-order valence-corrected chi connectivity index (χ1v) is 6.47. The molecule has 3 nitrogen and oxygen atoms in total. The highest BCUT2D eigenvalue weighted by Gasteiger charge is 2.25. The van der Waals surface area contributed by atoms with Crippen molar-refractivity contribution < 1.29 is 9.53 Å². The highest BCUT2D eigenvalue weighted by molar-refractivity contribution is 9.09. The van der Waals surface area contributed by atoms with Gasteiger partial charge >= 0.3 is 0 Å². The fourth-order valence-corrected chi connectivity index (χ4v) is 1.72. The molecule has 0 rings (SSSR count). The summed E-state index contributed by atoms with van der Waals surface area (Å²) < 4.78 is 5.06. The second-order valence-corrected chi connectivity index (χ2v) is 5.39. The second-order valence-electron chi connectivity index (χ2n) is 4.60. The minimum absolute atomic E-state index is 0.0299. The maximum Gasteiger partial charge on any atom is 0.246 e. The normalized spacial score (nSPS) is 13.7. The summed E-state index contributed by atoms with van der Waals surface area (Å²) in [7, 11) is 0. The third-order valence-electron chi connectivity index (χ3n) is 2.22. The standard InChI is InChI=1S/C11H22BrNO2/c1-5-15-8-10(14)13-9(6-7-12)11(2,3)4/h9H,5-8H2,1-4H3,(H,13,14). The number of alkyl halides is 1. The third kappa shape index (κ3) is 6.90. The summed E-state index contributed by atoms with van der Waals surface area (Å²) in [6.07, 6.45) is 0.932. The molecule has 0 aromatic heterocycles. The van der Waals surface area contributed by atoms with Crippen molar-refractivity contribution in [1.82, 2.24) is 5.32 Å². The van der Waals surface area contributed by atoms with E-state index in [9.17, 15) is 4.79 Å². The van der Waals surface area contributed by atoms with Crippen molar-refractivity contribution >= 4 is 21.8 Å². The van der Waals surface area contributed by atoms with Gasteiger partial charge in [0.25, 0.3) is 0 Å². The summed E-state index contributed by atoms with van der Waals surface area (Å²) in [6.45, 7) is 8.99. The number of carbonyl (C=O) groups excluding carboxylic acids is 1. The van der Waals surface area contributed by atoms with Crippen LogP contribution in [0.2, 0.25) is 0 Å². The maximum atomic E-state index is 11.5. The van der Waals surface area contributed by atoms with E-state index in [1.54, 1.807) is 0 Å². The fourth-order valence-electron chi connectivity index (χ4n) is 1.26. The molecule has 1 atom stereocenters. The lowest BCUT2D eigenvalue weighted by Gasteiger charge is -2.31. The SMILES string of the molecule is CCOCC(=O)NC(CCBr)C(C)(C)C. The molecule has 0 saturated carbocycles. The quantitative estimate of drug-likeness (QED) is 0.758. The molecule has 1 N–H and O–H groups in total. The molecule has 0 radical (unpaired) electrons. The van der Waals surface area contributed by atoms with Crippen molar-refractivity contribution in [2.75, 3.05) is 18.5 Å². The van der Waals surface area contributed by atoms with Crippen molar-refractivity contribution in [3.05, 3.63) is 0 Å². The number of hydrogen-bond acceptors (Lipinski definition) is 2. The van der Waals surface area contributed by atoms with E-state index in [0.717, 1.165) is 11.8 Å². The van der Waals surface area contributed by atoms with E-state index in [4.69, 9.17) is 4.74 Å². The predicted octanol–water partition coefficient (Wildman–Crippen LogP) is 2.34. The van der Waals surface area contributed by atoms with Gasteiger partial charge in [-0.3, -0.25) is 4.79 Å². The van der Waals surface area contributed by atoms with Gasteiger partial charge in [0, 0.05) is 18.0 Å². The van der Waals surface area contributed by atoms with Crippen LogP contribution in [0.4, 0.5) is 0 Å². The van der Waals surface area contributed by atoms with Gasteiger partial charge in [-0.25, -0.2) is 0 Å². The summed E-state index contributed by atoms with van der Waals surface area (Å²) in [4.78, 5) is 11.5. The van der Waals surface area contributed by atoms with E-state index in [2.05, 4.69) is 42.0 Å². The molecule has 0 aliphatic heterocycles.